The third kappa shape index (κ3) is 6.06. The lowest BCUT2D eigenvalue weighted by Crippen LogP contribution is -2.05. The van der Waals surface area contributed by atoms with Gasteiger partial charge in [0.2, 0.25) is 0 Å². The smallest absolute Gasteiger partial charge is 0.164 e. The van der Waals surface area contributed by atoms with E-state index >= 15 is 0 Å². The van der Waals surface area contributed by atoms with Crippen LogP contribution in [0.25, 0.3) is 83.8 Å². The van der Waals surface area contributed by atoms with Gasteiger partial charge in [0.25, 0.3) is 0 Å². The highest BCUT2D eigenvalue weighted by atomic mass is 15.0. The summed E-state index contributed by atoms with van der Waals surface area (Å²) in [5, 5.41) is 5.15. The summed E-state index contributed by atoms with van der Waals surface area (Å²) >= 11 is 0. The summed E-state index contributed by atoms with van der Waals surface area (Å²) in [4.78, 5) is 15.7. The van der Waals surface area contributed by atoms with Crippen molar-refractivity contribution in [3.8, 4) is 45.0 Å². The molecule has 0 unspecified atom stereocenters. The van der Waals surface area contributed by atoms with Gasteiger partial charge in [0.15, 0.2) is 17.5 Å². The molecule has 56 heavy (non-hydrogen) atoms. The van der Waals surface area contributed by atoms with Crippen LogP contribution in [0.5, 0.6) is 0 Å². The normalized spacial score (nSPS) is 13.8. The van der Waals surface area contributed by atoms with E-state index < -0.39 is 0 Å². The van der Waals surface area contributed by atoms with Crippen LogP contribution in [0, 0.1) is 13.8 Å². The molecule has 0 N–H and O–H groups in total. The Morgan fingerprint density at radius 2 is 1.05 bits per heavy atom. The van der Waals surface area contributed by atoms with E-state index in [1.807, 2.05) is 0 Å². The number of aryl methyl sites for hydroxylation is 2. The first-order chi connectivity index (χ1) is 27.6. The predicted molar refractivity (Wildman–Crippen MR) is 235 cm³/mol. The zero-order valence-electron chi connectivity index (χ0n) is 31.8. The molecule has 3 heteroatoms. The van der Waals surface area contributed by atoms with Crippen molar-refractivity contribution in [2.45, 2.75) is 39.5 Å². The summed E-state index contributed by atoms with van der Waals surface area (Å²) in [5.74, 6) is 2.10. The van der Waals surface area contributed by atoms with Gasteiger partial charge in [0.05, 0.1) is 0 Å². The number of nitrogens with zero attached hydrogens (tertiary/aromatic N) is 3. The number of allylic oxidation sites excluding steroid dienone is 5. The van der Waals surface area contributed by atoms with Crippen molar-refractivity contribution in [3.63, 3.8) is 0 Å². The molecule has 268 valence electrons. The van der Waals surface area contributed by atoms with E-state index in [0.717, 1.165) is 59.3 Å². The first-order valence-electron chi connectivity index (χ1n) is 19.7. The van der Waals surface area contributed by atoms with Crippen molar-refractivity contribution >= 4 is 38.8 Å². The number of hydrogen-bond donors (Lipinski definition) is 0. The number of hydrogen-bond acceptors (Lipinski definition) is 3. The SMILES string of the molecule is Cc1ccccc1-c1cccc(C2=CC=C(c3nc(-c4cccc(-c5ccccc5)c4)nc(-c4ccc5c(c4)c4c(c6ccccc65)CCC=C4)n3)CC2)c1C. The average Bonchev–Trinajstić information content (AvgIpc) is 3.27. The third-order valence-electron chi connectivity index (χ3n) is 11.7. The van der Waals surface area contributed by atoms with Crippen LogP contribution in [0.2, 0.25) is 0 Å². The van der Waals surface area contributed by atoms with Crippen molar-refractivity contribution < 1.29 is 0 Å². The van der Waals surface area contributed by atoms with Crippen molar-refractivity contribution in [1.29, 1.82) is 0 Å². The van der Waals surface area contributed by atoms with Crippen molar-refractivity contribution in [3.05, 3.63) is 191 Å². The molecule has 0 spiro atoms. The molecule has 2 aliphatic rings. The Hall–Kier alpha value is -6.71. The van der Waals surface area contributed by atoms with Crippen LogP contribution in [-0.4, -0.2) is 15.0 Å². The van der Waals surface area contributed by atoms with Crippen molar-refractivity contribution in [2.24, 2.45) is 0 Å². The van der Waals surface area contributed by atoms with E-state index in [-0.39, 0.29) is 0 Å². The zero-order valence-corrected chi connectivity index (χ0v) is 31.8. The van der Waals surface area contributed by atoms with Crippen LogP contribution in [0.15, 0.2) is 158 Å². The Balaban J connectivity index is 1.11. The number of benzene rings is 7. The van der Waals surface area contributed by atoms with Gasteiger partial charge in [0, 0.05) is 11.1 Å². The second-order valence-electron chi connectivity index (χ2n) is 15.1. The van der Waals surface area contributed by atoms with E-state index in [1.54, 1.807) is 0 Å². The molecule has 0 radical (unpaired) electrons. The highest BCUT2D eigenvalue weighted by Gasteiger charge is 2.20. The Labute approximate surface area is 328 Å². The predicted octanol–water partition coefficient (Wildman–Crippen LogP) is 13.7. The molecule has 1 aromatic heterocycles. The molecule has 2 aliphatic carbocycles. The molecule has 0 amide bonds. The second kappa shape index (κ2) is 14.2. The number of rotatable bonds is 6. The Kier molecular flexibility index (Phi) is 8.56. The Morgan fingerprint density at radius 1 is 0.429 bits per heavy atom. The highest BCUT2D eigenvalue weighted by Crippen LogP contribution is 2.40. The third-order valence-corrected chi connectivity index (χ3v) is 11.7. The lowest BCUT2D eigenvalue weighted by molar-refractivity contribution is 0.984. The van der Waals surface area contributed by atoms with Gasteiger partial charge in [-0.3, -0.25) is 0 Å². The molecule has 8 aromatic rings. The fourth-order valence-corrected chi connectivity index (χ4v) is 8.76. The van der Waals surface area contributed by atoms with Gasteiger partial charge < -0.3 is 0 Å². The molecule has 3 nitrogen and oxygen atoms in total. The lowest BCUT2D eigenvalue weighted by Gasteiger charge is -2.19. The second-order valence-corrected chi connectivity index (χ2v) is 15.1. The number of aromatic nitrogens is 3. The molecule has 1 heterocycles. The number of fused-ring (bicyclic) bond motifs is 6. The molecule has 7 aromatic carbocycles. The summed E-state index contributed by atoms with van der Waals surface area (Å²) in [6, 6.07) is 50.0. The molecule has 10 rings (SSSR count). The van der Waals surface area contributed by atoms with E-state index in [1.165, 1.54) is 66.1 Å². The lowest BCUT2D eigenvalue weighted by atomic mass is 9.86. The molecule has 0 bridgehead atoms. The minimum Gasteiger partial charge on any atom is -0.209 e. The monoisotopic (exact) mass is 719 g/mol. The molecule has 0 atom stereocenters. The summed E-state index contributed by atoms with van der Waals surface area (Å²) in [6.45, 7) is 4.45. The van der Waals surface area contributed by atoms with E-state index in [2.05, 4.69) is 178 Å². The largest absolute Gasteiger partial charge is 0.209 e. The zero-order chi connectivity index (χ0) is 37.6. The van der Waals surface area contributed by atoms with E-state index in [0.29, 0.717) is 11.6 Å². The Morgan fingerprint density at radius 3 is 1.88 bits per heavy atom. The first-order valence-corrected chi connectivity index (χ1v) is 19.7. The van der Waals surface area contributed by atoms with Gasteiger partial charge in [-0.25, -0.2) is 15.0 Å². The maximum Gasteiger partial charge on any atom is 0.164 e. The summed E-state index contributed by atoms with van der Waals surface area (Å²) in [7, 11) is 0. The quantitative estimate of drug-likeness (QED) is 0.161. The topological polar surface area (TPSA) is 38.7 Å². The van der Waals surface area contributed by atoms with Crippen LogP contribution >= 0.6 is 0 Å². The van der Waals surface area contributed by atoms with Crippen LogP contribution in [0.4, 0.5) is 0 Å². The van der Waals surface area contributed by atoms with Gasteiger partial charge >= 0.3 is 0 Å². The summed E-state index contributed by atoms with van der Waals surface area (Å²) < 4.78 is 0. The van der Waals surface area contributed by atoms with Gasteiger partial charge in [0.1, 0.15) is 0 Å². The average molecular weight is 720 g/mol. The van der Waals surface area contributed by atoms with Gasteiger partial charge in [-0.1, -0.05) is 152 Å². The van der Waals surface area contributed by atoms with Crippen LogP contribution in [0.3, 0.4) is 0 Å². The minimum atomic E-state index is 0.681. The summed E-state index contributed by atoms with van der Waals surface area (Å²) in [5.41, 5.74) is 16.0. The van der Waals surface area contributed by atoms with Gasteiger partial charge in [-0.15, -0.1) is 0 Å². The molecule has 0 fully saturated rings. The van der Waals surface area contributed by atoms with E-state index in [9.17, 15) is 0 Å². The molecule has 0 saturated carbocycles. The van der Waals surface area contributed by atoms with Crippen molar-refractivity contribution in [2.75, 3.05) is 0 Å². The maximum absolute atomic E-state index is 5.26. The Bertz CT molecular complexity index is 2930. The molecular weight excluding hydrogens is 679 g/mol. The summed E-state index contributed by atoms with van der Waals surface area (Å²) in [6.07, 6.45) is 13.0. The highest BCUT2D eigenvalue weighted by molar-refractivity contribution is 6.13. The first kappa shape index (κ1) is 33.8. The molecule has 0 saturated heterocycles. The fourth-order valence-electron chi connectivity index (χ4n) is 8.76. The van der Waals surface area contributed by atoms with Crippen LogP contribution < -0.4 is 0 Å². The maximum atomic E-state index is 5.26. The van der Waals surface area contributed by atoms with Gasteiger partial charge in [-0.05, 0) is 134 Å². The van der Waals surface area contributed by atoms with Gasteiger partial charge in [-0.2, -0.15) is 0 Å². The van der Waals surface area contributed by atoms with Crippen LogP contribution in [0.1, 0.15) is 52.9 Å². The van der Waals surface area contributed by atoms with Crippen molar-refractivity contribution in [1.82, 2.24) is 15.0 Å². The molecule has 0 aliphatic heterocycles. The fraction of sp³-hybridized carbons (Fsp3) is 0.113. The molecular formula is C53H41N3. The standard InChI is InChI=1S/C53H41N3/c1-34-14-6-7-19-42(34)44-25-13-24-43(35(44)2)37-26-28-38(29-27-37)51-54-52(40-18-12-17-39(32-40)36-15-4-3-5-16-36)56-53(55-51)41-30-31-49-47-22-9-8-20-45(47)46-21-10-11-23-48(46)50(49)33-41/h3-9,11-20,22-26,28,30-33H,10,21,27,29H2,1-2H3. The minimum absolute atomic E-state index is 0.681. The van der Waals surface area contributed by atoms with E-state index in [4.69, 9.17) is 15.0 Å². The van der Waals surface area contributed by atoms with Crippen LogP contribution in [-0.2, 0) is 6.42 Å².